The van der Waals surface area contributed by atoms with Crippen LogP contribution in [0.2, 0.25) is 0 Å². The lowest BCUT2D eigenvalue weighted by Gasteiger charge is -1.99. The van der Waals surface area contributed by atoms with Gasteiger partial charge in [0.05, 0.1) is 0 Å². The highest BCUT2D eigenvalue weighted by atomic mass is 16.4. The summed E-state index contributed by atoms with van der Waals surface area (Å²) in [5.74, 6) is -0.378. The lowest BCUT2D eigenvalue weighted by molar-refractivity contribution is 0.0661. The van der Waals surface area contributed by atoms with Crippen molar-refractivity contribution in [2.24, 2.45) is 0 Å². The van der Waals surface area contributed by atoms with Crippen LogP contribution in [0.5, 0.6) is 0 Å². The molecule has 0 aromatic carbocycles. The summed E-state index contributed by atoms with van der Waals surface area (Å²) in [6.07, 6.45) is 2.08. The van der Waals surface area contributed by atoms with Crippen LogP contribution in [-0.4, -0.2) is 17.6 Å². The summed E-state index contributed by atoms with van der Waals surface area (Å²) in [6, 6.07) is 1.56. The second kappa shape index (κ2) is 5.51. The minimum atomic E-state index is -1.03. The summed E-state index contributed by atoms with van der Waals surface area (Å²) >= 11 is 0. The summed E-state index contributed by atoms with van der Waals surface area (Å²) < 4.78 is 5.10. The predicted molar refractivity (Wildman–Crippen MR) is 61.5 cm³/mol. The van der Waals surface area contributed by atoms with E-state index in [0.717, 1.165) is 12.1 Å². The summed E-state index contributed by atoms with van der Waals surface area (Å²) in [7, 11) is 0. The monoisotopic (exact) mass is 223 g/mol. The van der Waals surface area contributed by atoms with E-state index in [-0.39, 0.29) is 5.76 Å². The number of hydrogen-bond acceptors (Lipinski definition) is 3. The maximum absolute atomic E-state index is 10.7. The van der Waals surface area contributed by atoms with Crippen LogP contribution in [0.1, 0.15) is 35.7 Å². The standard InChI is InChI=1S/C12H17NO3/c1-8(2)4-5-13-7-10-6-11(12(14)15)16-9(10)3/h4,6,13H,5,7H2,1-3H3,(H,14,15). The van der Waals surface area contributed by atoms with E-state index < -0.39 is 5.97 Å². The van der Waals surface area contributed by atoms with Crippen molar-refractivity contribution in [1.82, 2.24) is 5.32 Å². The predicted octanol–water partition coefficient (Wildman–Crippen LogP) is 2.34. The van der Waals surface area contributed by atoms with Crippen LogP contribution in [-0.2, 0) is 6.54 Å². The SMILES string of the molecule is CC(C)=CCNCc1cc(C(=O)O)oc1C. The van der Waals surface area contributed by atoms with Crippen molar-refractivity contribution in [1.29, 1.82) is 0 Å². The smallest absolute Gasteiger partial charge is 0.371 e. The van der Waals surface area contributed by atoms with E-state index >= 15 is 0 Å². The van der Waals surface area contributed by atoms with Gasteiger partial charge >= 0.3 is 5.97 Å². The highest BCUT2D eigenvalue weighted by Gasteiger charge is 2.12. The van der Waals surface area contributed by atoms with Gasteiger partial charge in [0.1, 0.15) is 5.76 Å². The normalized spacial score (nSPS) is 10.2. The largest absolute Gasteiger partial charge is 0.475 e. The van der Waals surface area contributed by atoms with Crippen LogP contribution in [0, 0.1) is 6.92 Å². The Kier molecular flexibility index (Phi) is 4.31. The number of hydrogen-bond donors (Lipinski definition) is 2. The Morgan fingerprint density at radius 2 is 2.25 bits per heavy atom. The number of rotatable bonds is 5. The highest BCUT2D eigenvalue weighted by molar-refractivity contribution is 5.84. The number of allylic oxidation sites excluding steroid dienone is 1. The molecule has 88 valence electrons. The first kappa shape index (κ1) is 12.5. The molecule has 0 bridgehead atoms. The molecule has 0 aliphatic carbocycles. The average Bonchev–Trinajstić information content (AvgIpc) is 2.55. The van der Waals surface area contributed by atoms with Crippen LogP contribution in [0.4, 0.5) is 0 Å². The molecule has 1 aromatic heterocycles. The topological polar surface area (TPSA) is 62.5 Å². The molecule has 0 atom stereocenters. The molecule has 2 N–H and O–H groups in total. The molecule has 1 rings (SSSR count). The Morgan fingerprint density at radius 1 is 1.56 bits per heavy atom. The third-order valence-corrected chi connectivity index (χ3v) is 2.20. The van der Waals surface area contributed by atoms with Gasteiger partial charge in [-0.2, -0.15) is 0 Å². The first-order valence-electron chi connectivity index (χ1n) is 5.17. The Morgan fingerprint density at radius 3 is 2.75 bits per heavy atom. The van der Waals surface area contributed by atoms with E-state index in [9.17, 15) is 4.79 Å². The van der Waals surface area contributed by atoms with Crippen LogP contribution < -0.4 is 5.32 Å². The number of carboxylic acid groups (broad SMARTS) is 1. The molecule has 1 aromatic rings. The maximum atomic E-state index is 10.7. The number of aromatic carboxylic acids is 1. The second-order valence-electron chi connectivity index (χ2n) is 3.91. The van der Waals surface area contributed by atoms with Gasteiger partial charge in [-0.25, -0.2) is 4.79 Å². The van der Waals surface area contributed by atoms with Crippen LogP contribution >= 0.6 is 0 Å². The maximum Gasteiger partial charge on any atom is 0.371 e. The summed E-state index contributed by atoms with van der Waals surface area (Å²) in [4.78, 5) is 10.7. The number of nitrogens with one attached hydrogen (secondary N) is 1. The molecule has 16 heavy (non-hydrogen) atoms. The molecule has 0 unspecified atom stereocenters. The lowest BCUT2D eigenvalue weighted by atomic mass is 10.2. The van der Waals surface area contributed by atoms with Gasteiger partial charge in [-0.1, -0.05) is 11.6 Å². The van der Waals surface area contributed by atoms with Crippen molar-refractivity contribution in [3.63, 3.8) is 0 Å². The van der Waals surface area contributed by atoms with Gasteiger partial charge in [0.25, 0.3) is 0 Å². The highest BCUT2D eigenvalue weighted by Crippen LogP contribution is 2.14. The zero-order valence-electron chi connectivity index (χ0n) is 9.83. The fourth-order valence-electron chi connectivity index (χ4n) is 1.28. The molecular formula is C12H17NO3. The zero-order chi connectivity index (χ0) is 12.1. The fraction of sp³-hybridized carbons (Fsp3) is 0.417. The number of aryl methyl sites for hydroxylation is 1. The fourth-order valence-corrected chi connectivity index (χ4v) is 1.28. The van der Waals surface area contributed by atoms with Gasteiger partial charge in [-0.05, 0) is 26.8 Å². The first-order chi connectivity index (χ1) is 7.50. The van der Waals surface area contributed by atoms with Crippen molar-refractivity contribution < 1.29 is 14.3 Å². The average molecular weight is 223 g/mol. The molecule has 4 nitrogen and oxygen atoms in total. The Balaban J connectivity index is 2.54. The van der Waals surface area contributed by atoms with Crippen molar-refractivity contribution in [2.45, 2.75) is 27.3 Å². The molecular weight excluding hydrogens is 206 g/mol. The van der Waals surface area contributed by atoms with E-state index in [1.807, 2.05) is 13.8 Å². The van der Waals surface area contributed by atoms with Gasteiger partial charge in [0, 0.05) is 18.7 Å². The summed E-state index contributed by atoms with van der Waals surface area (Å²) in [5, 5.41) is 11.9. The molecule has 1 heterocycles. The summed E-state index contributed by atoms with van der Waals surface area (Å²) in [6.45, 7) is 7.23. The quantitative estimate of drug-likeness (QED) is 0.594. The van der Waals surface area contributed by atoms with Crippen LogP contribution in [0.3, 0.4) is 0 Å². The van der Waals surface area contributed by atoms with Crippen LogP contribution in [0.25, 0.3) is 0 Å². The third kappa shape index (κ3) is 3.55. The van der Waals surface area contributed by atoms with E-state index in [1.54, 1.807) is 13.0 Å². The van der Waals surface area contributed by atoms with Crippen LogP contribution in [0.15, 0.2) is 22.1 Å². The first-order valence-corrected chi connectivity index (χ1v) is 5.17. The second-order valence-corrected chi connectivity index (χ2v) is 3.91. The molecule has 0 saturated heterocycles. The summed E-state index contributed by atoms with van der Waals surface area (Å²) in [5.41, 5.74) is 2.14. The van der Waals surface area contributed by atoms with Gasteiger partial charge in [-0.3, -0.25) is 0 Å². The van der Waals surface area contributed by atoms with Gasteiger partial charge in [-0.15, -0.1) is 0 Å². The van der Waals surface area contributed by atoms with Crippen molar-refractivity contribution in [3.05, 3.63) is 34.8 Å². The Hall–Kier alpha value is -1.55. The van der Waals surface area contributed by atoms with Gasteiger partial charge < -0.3 is 14.8 Å². The molecule has 0 amide bonds. The van der Waals surface area contributed by atoms with E-state index in [0.29, 0.717) is 12.3 Å². The number of carbonyl (C=O) groups is 1. The lowest BCUT2D eigenvalue weighted by Crippen LogP contribution is -2.13. The number of carboxylic acids is 1. The van der Waals surface area contributed by atoms with Gasteiger partial charge in [0.15, 0.2) is 0 Å². The van der Waals surface area contributed by atoms with Crippen molar-refractivity contribution in [2.75, 3.05) is 6.54 Å². The molecule has 0 saturated carbocycles. The Labute approximate surface area is 95.0 Å². The zero-order valence-corrected chi connectivity index (χ0v) is 9.83. The van der Waals surface area contributed by atoms with E-state index in [1.165, 1.54) is 5.57 Å². The van der Waals surface area contributed by atoms with E-state index in [2.05, 4.69) is 11.4 Å². The molecule has 0 fully saturated rings. The van der Waals surface area contributed by atoms with E-state index in [4.69, 9.17) is 9.52 Å². The third-order valence-electron chi connectivity index (χ3n) is 2.20. The molecule has 0 spiro atoms. The minimum absolute atomic E-state index is 0.00323. The molecule has 0 aliphatic rings. The van der Waals surface area contributed by atoms with Crippen molar-refractivity contribution >= 4 is 5.97 Å². The van der Waals surface area contributed by atoms with Crippen molar-refractivity contribution in [3.8, 4) is 0 Å². The molecule has 4 heteroatoms. The molecule has 0 aliphatic heterocycles. The number of furan rings is 1. The Bertz CT molecular complexity index is 400. The van der Waals surface area contributed by atoms with Gasteiger partial charge in [0.2, 0.25) is 5.76 Å². The molecule has 0 radical (unpaired) electrons. The minimum Gasteiger partial charge on any atom is -0.475 e.